The van der Waals surface area contributed by atoms with E-state index >= 15 is 0 Å². The van der Waals surface area contributed by atoms with Crippen molar-refractivity contribution in [3.8, 4) is 16.9 Å². The summed E-state index contributed by atoms with van der Waals surface area (Å²) in [5.41, 5.74) is 7.56. The quantitative estimate of drug-likeness (QED) is 0.198. The third kappa shape index (κ3) is 4.86. The van der Waals surface area contributed by atoms with Crippen LogP contribution in [0.1, 0.15) is 35.5 Å². The van der Waals surface area contributed by atoms with E-state index in [4.69, 9.17) is 33.7 Å². The highest BCUT2D eigenvalue weighted by Crippen LogP contribution is 2.38. The number of aromatic nitrogens is 3. The Kier molecular flexibility index (Phi) is 6.99. The summed E-state index contributed by atoms with van der Waals surface area (Å²) >= 11 is 15.8. The van der Waals surface area contributed by atoms with Gasteiger partial charge >= 0.3 is 0 Å². The standard InChI is InChI=1S/C30H26BrClN4OS/c1-19-5-4-6-23(17-19)33-29(38)28-27(20-8-12-22(32)13-9-20)25-7-2-3-16-35-26(34-36(28)30(25)35)18-37-24-14-10-21(31)11-15-24/h4-6,8-15,17H,2-3,7,16,18H2,1H3,(H,33,38). The zero-order valence-electron chi connectivity index (χ0n) is 20.9. The molecular formula is C30H26BrClN4OS. The van der Waals surface area contributed by atoms with Gasteiger partial charge in [0.2, 0.25) is 0 Å². The van der Waals surface area contributed by atoms with Crippen LogP contribution in [-0.4, -0.2) is 19.2 Å². The van der Waals surface area contributed by atoms with Crippen molar-refractivity contribution < 1.29 is 4.74 Å². The SMILES string of the molecule is Cc1cccc(NC(=S)c2c(-c3ccc(Cl)cc3)c3c4n(c(COc5ccc(Br)cc5)nn24)CCCC3)c1. The van der Waals surface area contributed by atoms with Crippen LogP contribution in [0.5, 0.6) is 5.75 Å². The molecule has 0 fully saturated rings. The monoisotopic (exact) mass is 604 g/mol. The number of hydrogen-bond acceptors (Lipinski definition) is 3. The summed E-state index contributed by atoms with van der Waals surface area (Å²) in [4.78, 5) is 0.632. The van der Waals surface area contributed by atoms with Gasteiger partial charge in [0, 0.05) is 32.9 Å². The van der Waals surface area contributed by atoms with Crippen LogP contribution in [0.25, 0.3) is 16.8 Å². The van der Waals surface area contributed by atoms with E-state index in [2.05, 4.69) is 57.0 Å². The fraction of sp³-hybridized carbons (Fsp3) is 0.200. The summed E-state index contributed by atoms with van der Waals surface area (Å²) < 4.78 is 11.5. The smallest absolute Gasteiger partial charge is 0.169 e. The molecule has 1 N–H and O–H groups in total. The molecule has 0 unspecified atom stereocenters. The van der Waals surface area contributed by atoms with Gasteiger partial charge in [-0.25, -0.2) is 4.52 Å². The number of nitrogens with zero attached hydrogens (tertiary/aromatic N) is 3. The average Bonchev–Trinajstić information content (AvgIpc) is 3.30. The van der Waals surface area contributed by atoms with Crippen molar-refractivity contribution in [2.24, 2.45) is 0 Å². The zero-order chi connectivity index (χ0) is 26.2. The Morgan fingerprint density at radius 1 is 1.08 bits per heavy atom. The van der Waals surface area contributed by atoms with Crippen molar-refractivity contribution in [1.82, 2.24) is 14.2 Å². The molecule has 3 aromatic carbocycles. The van der Waals surface area contributed by atoms with Crippen molar-refractivity contribution in [2.75, 3.05) is 5.32 Å². The van der Waals surface area contributed by atoms with E-state index in [0.717, 1.165) is 70.0 Å². The first-order chi connectivity index (χ1) is 18.5. The molecule has 38 heavy (non-hydrogen) atoms. The van der Waals surface area contributed by atoms with E-state index in [1.54, 1.807) is 0 Å². The second-order valence-electron chi connectivity index (χ2n) is 9.54. The maximum atomic E-state index is 6.26. The minimum atomic E-state index is 0.372. The highest BCUT2D eigenvalue weighted by atomic mass is 79.9. The van der Waals surface area contributed by atoms with Crippen LogP contribution in [0.15, 0.2) is 77.3 Å². The van der Waals surface area contributed by atoms with Crippen LogP contribution >= 0.6 is 39.7 Å². The first-order valence-corrected chi connectivity index (χ1v) is 14.2. The lowest BCUT2D eigenvalue weighted by Gasteiger charge is -2.12. The zero-order valence-corrected chi connectivity index (χ0v) is 24.0. The lowest BCUT2D eigenvalue weighted by Crippen LogP contribution is -2.15. The Hall–Kier alpha value is -3.13. The highest BCUT2D eigenvalue weighted by molar-refractivity contribution is 9.10. The molecule has 0 radical (unpaired) electrons. The molecule has 3 heterocycles. The second-order valence-corrected chi connectivity index (χ2v) is 11.3. The maximum absolute atomic E-state index is 6.26. The molecular weight excluding hydrogens is 580 g/mol. The van der Waals surface area contributed by atoms with Gasteiger partial charge in [-0.3, -0.25) is 0 Å². The molecule has 1 aliphatic rings. The molecule has 192 valence electrons. The van der Waals surface area contributed by atoms with Gasteiger partial charge in [0.15, 0.2) is 5.82 Å². The summed E-state index contributed by atoms with van der Waals surface area (Å²) in [7, 11) is 0. The molecule has 8 heteroatoms. The highest BCUT2D eigenvalue weighted by Gasteiger charge is 2.29. The van der Waals surface area contributed by atoms with E-state index in [9.17, 15) is 0 Å². The van der Waals surface area contributed by atoms with E-state index in [-0.39, 0.29) is 0 Å². The van der Waals surface area contributed by atoms with Crippen molar-refractivity contribution in [2.45, 2.75) is 39.3 Å². The number of anilines is 1. The molecule has 0 spiro atoms. The molecule has 5 nitrogen and oxygen atoms in total. The molecule has 0 aliphatic carbocycles. The number of rotatable bonds is 6. The topological polar surface area (TPSA) is 43.5 Å². The largest absolute Gasteiger partial charge is 0.486 e. The fourth-order valence-corrected chi connectivity index (χ4v) is 5.84. The molecule has 5 aromatic rings. The molecule has 2 aromatic heterocycles. The third-order valence-corrected chi connectivity index (χ3v) is 7.94. The van der Waals surface area contributed by atoms with Gasteiger partial charge in [0.1, 0.15) is 28.7 Å². The summed E-state index contributed by atoms with van der Waals surface area (Å²) in [6.45, 7) is 3.33. The Labute approximate surface area is 240 Å². The lowest BCUT2D eigenvalue weighted by atomic mass is 9.98. The van der Waals surface area contributed by atoms with Gasteiger partial charge in [0.25, 0.3) is 0 Å². The number of nitrogens with one attached hydrogen (secondary N) is 1. The minimum Gasteiger partial charge on any atom is -0.486 e. The number of benzene rings is 3. The predicted octanol–water partition coefficient (Wildman–Crippen LogP) is 8.23. The molecule has 0 saturated carbocycles. The van der Waals surface area contributed by atoms with Gasteiger partial charge < -0.3 is 14.6 Å². The summed E-state index contributed by atoms with van der Waals surface area (Å²) in [5.74, 6) is 1.69. The van der Waals surface area contributed by atoms with Crippen LogP contribution in [0, 0.1) is 6.92 Å². The van der Waals surface area contributed by atoms with Crippen molar-refractivity contribution in [1.29, 1.82) is 0 Å². The molecule has 0 amide bonds. The van der Waals surface area contributed by atoms with E-state index in [1.807, 2.05) is 53.0 Å². The summed E-state index contributed by atoms with van der Waals surface area (Å²) in [6.07, 6.45) is 3.12. The van der Waals surface area contributed by atoms with Crippen molar-refractivity contribution >= 4 is 56.1 Å². The van der Waals surface area contributed by atoms with Gasteiger partial charge in [0.05, 0.1) is 0 Å². The van der Waals surface area contributed by atoms with Gasteiger partial charge in [-0.15, -0.1) is 5.10 Å². The number of thiocarbonyl (C=S) groups is 1. The van der Waals surface area contributed by atoms with Crippen LogP contribution in [0.2, 0.25) is 5.02 Å². The second kappa shape index (κ2) is 10.6. The fourth-order valence-electron chi connectivity index (χ4n) is 5.14. The Balaban J connectivity index is 1.49. The van der Waals surface area contributed by atoms with Crippen molar-refractivity contribution in [3.63, 3.8) is 0 Å². The maximum Gasteiger partial charge on any atom is 0.169 e. The number of aryl methyl sites for hydroxylation is 3. The summed E-state index contributed by atoms with van der Waals surface area (Å²) in [6, 6.07) is 24.1. The molecule has 0 bridgehead atoms. The Morgan fingerprint density at radius 3 is 2.63 bits per heavy atom. The summed E-state index contributed by atoms with van der Waals surface area (Å²) in [5, 5.41) is 9.28. The molecule has 0 atom stereocenters. The Morgan fingerprint density at radius 2 is 1.87 bits per heavy atom. The first kappa shape index (κ1) is 25.2. The van der Waals surface area contributed by atoms with Crippen molar-refractivity contribution in [3.05, 3.63) is 105 Å². The van der Waals surface area contributed by atoms with Crippen LogP contribution < -0.4 is 10.1 Å². The minimum absolute atomic E-state index is 0.372. The number of hydrogen-bond donors (Lipinski definition) is 1. The third-order valence-electron chi connectivity index (χ3n) is 6.87. The Bertz CT molecular complexity index is 1640. The number of halogens is 2. The van der Waals surface area contributed by atoms with Gasteiger partial charge in [-0.1, -0.05) is 64.0 Å². The first-order valence-electron chi connectivity index (χ1n) is 12.6. The number of ether oxygens (including phenoxy) is 1. The van der Waals surface area contributed by atoms with E-state index in [1.165, 1.54) is 11.1 Å². The van der Waals surface area contributed by atoms with Gasteiger partial charge in [-0.05, 0) is 85.8 Å². The van der Waals surface area contributed by atoms with Gasteiger partial charge in [-0.2, -0.15) is 0 Å². The molecule has 0 saturated heterocycles. The van der Waals surface area contributed by atoms with E-state index < -0.39 is 0 Å². The lowest BCUT2D eigenvalue weighted by molar-refractivity contribution is 0.288. The predicted molar refractivity (Wildman–Crippen MR) is 162 cm³/mol. The van der Waals surface area contributed by atoms with Crippen LogP contribution in [-0.2, 0) is 19.6 Å². The molecule has 1 aliphatic heterocycles. The van der Waals surface area contributed by atoms with Crippen LogP contribution in [0.4, 0.5) is 5.69 Å². The van der Waals surface area contributed by atoms with Crippen LogP contribution in [0.3, 0.4) is 0 Å². The normalized spacial score (nSPS) is 12.9. The average molecular weight is 606 g/mol. The van der Waals surface area contributed by atoms with E-state index in [0.29, 0.717) is 16.6 Å². The molecule has 6 rings (SSSR count).